The lowest BCUT2D eigenvalue weighted by Gasteiger charge is -2.50. The number of hydrogen-bond acceptors (Lipinski definition) is 10. The third-order valence-electron chi connectivity index (χ3n) is 4.14. The fourth-order valence-corrected chi connectivity index (χ4v) is 4.59. The molecule has 3 rings (SSSR count). The van der Waals surface area contributed by atoms with Crippen molar-refractivity contribution < 1.29 is 29.4 Å². The molecular formula is C17H17N5O6S2. The minimum absolute atomic E-state index is 0.152. The molecule has 0 bridgehead atoms. The van der Waals surface area contributed by atoms with Gasteiger partial charge in [-0.05, 0) is 5.41 Å². The van der Waals surface area contributed by atoms with Gasteiger partial charge in [-0.2, -0.15) is 0 Å². The molecule has 0 spiro atoms. The van der Waals surface area contributed by atoms with Crippen molar-refractivity contribution in [3.05, 3.63) is 22.1 Å². The number of carboxylic acids is 1. The molecule has 158 valence electrons. The van der Waals surface area contributed by atoms with Crippen molar-refractivity contribution in [3.63, 3.8) is 0 Å². The number of amides is 2. The van der Waals surface area contributed by atoms with Gasteiger partial charge in [0.2, 0.25) is 5.91 Å². The number of thiazole rings is 1. The second kappa shape index (κ2) is 9.16. The number of rotatable bonds is 6. The summed E-state index contributed by atoms with van der Waals surface area (Å²) in [5, 5.41) is 27.3. The lowest BCUT2D eigenvalue weighted by atomic mass is 9.98. The largest absolute Gasteiger partial charge is 0.479 e. The Labute approximate surface area is 179 Å². The SMILES string of the molecule is CO/N=C(\C(=O)N[C@@H]1C(=O)N2C(C(=O)O)C(C#CCCO)=CS[C@H]12)c1csc(N)n1. The molecule has 1 saturated heterocycles. The van der Waals surface area contributed by atoms with E-state index in [0.717, 1.165) is 16.2 Å². The Kier molecular flexibility index (Phi) is 6.60. The van der Waals surface area contributed by atoms with Gasteiger partial charge >= 0.3 is 5.97 Å². The van der Waals surface area contributed by atoms with Crippen LogP contribution in [0.4, 0.5) is 5.13 Å². The molecule has 2 aliphatic rings. The second-order valence-electron chi connectivity index (χ2n) is 6.01. The fourth-order valence-electron chi connectivity index (χ4n) is 2.87. The number of hydrogen-bond donors (Lipinski definition) is 4. The number of nitrogens with one attached hydrogen (secondary N) is 1. The Balaban J connectivity index is 1.78. The number of nitrogens with zero attached hydrogens (tertiary/aromatic N) is 3. The van der Waals surface area contributed by atoms with Crippen molar-refractivity contribution in [2.24, 2.45) is 5.16 Å². The number of oxime groups is 1. The molecule has 13 heteroatoms. The van der Waals surface area contributed by atoms with Gasteiger partial charge < -0.3 is 31.0 Å². The number of aliphatic hydroxyl groups excluding tert-OH is 1. The molecule has 3 heterocycles. The van der Waals surface area contributed by atoms with Crippen LogP contribution in [0.15, 0.2) is 21.5 Å². The van der Waals surface area contributed by atoms with Crippen LogP contribution in [0.1, 0.15) is 12.1 Å². The number of carbonyl (C=O) groups excluding carboxylic acids is 2. The molecule has 1 fully saturated rings. The van der Waals surface area contributed by atoms with Gasteiger partial charge in [0.15, 0.2) is 16.9 Å². The molecule has 0 aromatic carbocycles. The van der Waals surface area contributed by atoms with Gasteiger partial charge in [-0.3, -0.25) is 9.59 Å². The highest BCUT2D eigenvalue weighted by atomic mass is 32.2. The molecule has 1 aromatic rings. The first-order valence-corrected chi connectivity index (χ1v) is 10.3. The lowest BCUT2D eigenvalue weighted by Crippen LogP contribution is -2.74. The summed E-state index contributed by atoms with van der Waals surface area (Å²) >= 11 is 2.29. The first-order valence-electron chi connectivity index (χ1n) is 8.52. The minimum atomic E-state index is -1.26. The lowest BCUT2D eigenvalue weighted by molar-refractivity contribution is -0.159. The number of aliphatic hydroxyl groups is 1. The molecular weight excluding hydrogens is 434 g/mol. The van der Waals surface area contributed by atoms with Gasteiger partial charge in [-0.25, -0.2) is 9.78 Å². The van der Waals surface area contributed by atoms with Crippen LogP contribution in [0, 0.1) is 11.8 Å². The standard InChI is InChI=1S/C17H17N5O6S2/c1-28-21-10(9-7-30-17(18)19-9)13(24)20-11-14(25)22-12(16(26)27)8(4-2-3-5-23)6-29-15(11)22/h6-7,11-12,15,23H,3,5H2,1H3,(H2,18,19)(H,20,24)(H,26,27)/b21-10-/t11-,12?,15-/m1/s1. The molecule has 30 heavy (non-hydrogen) atoms. The third-order valence-corrected chi connectivity index (χ3v) is 5.98. The molecule has 5 N–H and O–H groups in total. The predicted molar refractivity (Wildman–Crippen MR) is 109 cm³/mol. The van der Waals surface area contributed by atoms with Crippen LogP contribution < -0.4 is 11.1 Å². The van der Waals surface area contributed by atoms with E-state index in [9.17, 15) is 19.5 Å². The van der Waals surface area contributed by atoms with E-state index in [4.69, 9.17) is 15.7 Å². The van der Waals surface area contributed by atoms with Crippen molar-refractivity contribution in [2.45, 2.75) is 23.9 Å². The Hall–Kier alpha value is -3.08. The maximum Gasteiger partial charge on any atom is 0.331 e. The summed E-state index contributed by atoms with van der Waals surface area (Å²) in [7, 11) is 1.26. The summed E-state index contributed by atoms with van der Waals surface area (Å²) in [6.45, 7) is -0.152. The normalized spacial score (nSPS) is 22.8. The number of fused-ring (bicyclic) bond motifs is 1. The van der Waals surface area contributed by atoms with Crippen LogP contribution in [0.25, 0.3) is 0 Å². The van der Waals surface area contributed by atoms with Crippen LogP contribution in [0.3, 0.4) is 0 Å². The Morgan fingerprint density at radius 3 is 2.87 bits per heavy atom. The number of aliphatic carboxylic acids is 1. The van der Waals surface area contributed by atoms with Crippen molar-refractivity contribution in [1.82, 2.24) is 15.2 Å². The number of aromatic nitrogens is 1. The molecule has 1 aromatic heterocycles. The Morgan fingerprint density at radius 2 is 2.27 bits per heavy atom. The van der Waals surface area contributed by atoms with E-state index in [1.54, 1.807) is 5.41 Å². The van der Waals surface area contributed by atoms with Crippen molar-refractivity contribution in [3.8, 4) is 11.8 Å². The topological polar surface area (TPSA) is 167 Å². The highest BCUT2D eigenvalue weighted by Gasteiger charge is 2.56. The first kappa shape index (κ1) is 21.6. The molecule has 2 aliphatic heterocycles. The summed E-state index contributed by atoms with van der Waals surface area (Å²) in [6.07, 6.45) is 0.188. The van der Waals surface area contributed by atoms with E-state index in [2.05, 4.69) is 27.3 Å². The summed E-state index contributed by atoms with van der Waals surface area (Å²) in [5.41, 5.74) is 5.88. The molecule has 0 aliphatic carbocycles. The fraction of sp³-hybridized carbons (Fsp3) is 0.353. The number of thioether (sulfide) groups is 1. The quantitative estimate of drug-likeness (QED) is 0.187. The molecule has 1 unspecified atom stereocenters. The summed E-state index contributed by atoms with van der Waals surface area (Å²) < 4.78 is 0. The van der Waals surface area contributed by atoms with Crippen LogP contribution in [0.5, 0.6) is 0 Å². The smallest absolute Gasteiger partial charge is 0.331 e. The zero-order valence-corrected chi connectivity index (χ0v) is 17.2. The number of anilines is 1. The Bertz CT molecular complexity index is 994. The number of carbonyl (C=O) groups is 3. The van der Waals surface area contributed by atoms with E-state index in [1.807, 2.05) is 0 Å². The van der Waals surface area contributed by atoms with Gasteiger partial charge in [-0.15, -0.1) is 23.1 Å². The molecule has 3 atom stereocenters. The molecule has 11 nitrogen and oxygen atoms in total. The van der Waals surface area contributed by atoms with E-state index in [1.165, 1.54) is 24.3 Å². The van der Waals surface area contributed by atoms with Crippen LogP contribution >= 0.6 is 23.1 Å². The highest BCUT2D eigenvalue weighted by Crippen LogP contribution is 2.39. The van der Waals surface area contributed by atoms with Crippen molar-refractivity contribution >= 4 is 51.7 Å². The van der Waals surface area contributed by atoms with Gasteiger partial charge in [-0.1, -0.05) is 17.0 Å². The van der Waals surface area contributed by atoms with Crippen LogP contribution in [-0.4, -0.2) is 74.8 Å². The van der Waals surface area contributed by atoms with Gasteiger partial charge in [0, 0.05) is 17.4 Å². The van der Waals surface area contributed by atoms with E-state index < -0.39 is 35.2 Å². The summed E-state index contributed by atoms with van der Waals surface area (Å²) in [5.74, 6) is 2.85. The van der Waals surface area contributed by atoms with Crippen molar-refractivity contribution in [2.75, 3.05) is 19.5 Å². The Morgan fingerprint density at radius 1 is 1.50 bits per heavy atom. The number of nitrogens with two attached hydrogens (primary N) is 1. The average Bonchev–Trinajstić information content (AvgIpc) is 3.15. The van der Waals surface area contributed by atoms with Gasteiger partial charge in [0.25, 0.3) is 5.91 Å². The van der Waals surface area contributed by atoms with Crippen LogP contribution in [-0.2, 0) is 19.2 Å². The van der Waals surface area contributed by atoms with Crippen LogP contribution in [0.2, 0.25) is 0 Å². The zero-order valence-electron chi connectivity index (χ0n) is 15.6. The van der Waals surface area contributed by atoms with Gasteiger partial charge in [0.05, 0.1) is 6.61 Å². The minimum Gasteiger partial charge on any atom is -0.479 e. The van der Waals surface area contributed by atoms with E-state index in [-0.39, 0.29) is 35.1 Å². The molecule has 0 radical (unpaired) electrons. The third kappa shape index (κ3) is 4.11. The van der Waals surface area contributed by atoms with E-state index in [0.29, 0.717) is 0 Å². The maximum absolute atomic E-state index is 12.7. The average molecular weight is 451 g/mol. The van der Waals surface area contributed by atoms with Crippen molar-refractivity contribution in [1.29, 1.82) is 0 Å². The summed E-state index contributed by atoms with van der Waals surface area (Å²) in [4.78, 5) is 46.9. The highest BCUT2D eigenvalue weighted by molar-refractivity contribution is 8.03. The first-order chi connectivity index (χ1) is 14.4. The predicted octanol–water partition coefficient (Wildman–Crippen LogP) is -0.801. The molecule has 2 amide bonds. The molecule has 0 saturated carbocycles. The number of β-lactam (4-membered cyclic amide) rings is 1. The number of nitrogen functional groups attached to an aromatic ring is 1. The van der Waals surface area contributed by atoms with E-state index >= 15 is 0 Å². The zero-order chi connectivity index (χ0) is 21.8. The summed E-state index contributed by atoms with van der Waals surface area (Å²) in [6, 6.07) is -2.21. The second-order valence-corrected chi connectivity index (χ2v) is 7.89. The monoisotopic (exact) mass is 451 g/mol. The number of carboxylic acid groups (broad SMARTS) is 1. The maximum atomic E-state index is 12.7. The van der Waals surface area contributed by atoms with Gasteiger partial charge in [0.1, 0.15) is 24.2 Å².